The van der Waals surface area contributed by atoms with Gasteiger partial charge < -0.3 is 15.0 Å². The first-order chi connectivity index (χ1) is 12.2. The number of aromatic nitrogens is 2. The number of aryl methyl sites for hydroxylation is 1. The Labute approximate surface area is 172 Å². The molecule has 1 aromatic heterocycles. The lowest BCUT2D eigenvalue weighted by Gasteiger charge is -2.21. The maximum absolute atomic E-state index is 5.21. The molecule has 6 nitrogen and oxygen atoms in total. The van der Waals surface area contributed by atoms with Gasteiger partial charge in [-0.25, -0.2) is 4.99 Å². The highest BCUT2D eigenvalue weighted by Gasteiger charge is 2.26. The van der Waals surface area contributed by atoms with Gasteiger partial charge in [-0.05, 0) is 36.6 Å². The molecule has 0 bridgehead atoms. The van der Waals surface area contributed by atoms with E-state index in [1.807, 2.05) is 30.1 Å². The molecule has 26 heavy (non-hydrogen) atoms. The molecule has 2 heterocycles. The molecular formula is C19H28IN5O. The number of nitrogens with zero attached hydrogens (tertiary/aromatic N) is 4. The van der Waals surface area contributed by atoms with Crippen molar-refractivity contribution in [2.24, 2.45) is 12.0 Å². The second kappa shape index (κ2) is 9.80. The maximum Gasteiger partial charge on any atom is 0.194 e. The Kier molecular flexibility index (Phi) is 7.74. The first-order valence-electron chi connectivity index (χ1n) is 8.84. The average molecular weight is 469 g/mol. The third-order valence-corrected chi connectivity index (χ3v) is 4.59. The third kappa shape index (κ3) is 5.12. The molecule has 142 valence electrons. The number of ether oxygens (including phenoxy) is 1. The lowest BCUT2D eigenvalue weighted by molar-refractivity contribution is 0.414. The molecule has 1 saturated heterocycles. The SMILES string of the molecule is CCNC(=NCc1ccc(OC)cc1)N1CCC(c2cnn(C)c2)C1.I. The smallest absolute Gasteiger partial charge is 0.194 e. The van der Waals surface area contributed by atoms with E-state index in [-0.39, 0.29) is 24.0 Å². The van der Waals surface area contributed by atoms with Crippen LogP contribution in [0.25, 0.3) is 0 Å². The van der Waals surface area contributed by atoms with Crippen molar-refractivity contribution in [2.45, 2.75) is 25.8 Å². The standard InChI is InChI=1S/C19H27N5O.HI/c1-4-20-19(21-11-15-5-7-18(25-3)8-6-15)24-10-9-16(14-24)17-12-22-23(2)13-17;/h5-8,12-13,16H,4,9-11,14H2,1-3H3,(H,20,21);1H. The van der Waals surface area contributed by atoms with Crippen LogP contribution in [0, 0.1) is 0 Å². The van der Waals surface area contributed by atoms with E-state index >= 15 is 0 Å². The lowest BCUT2D eigenvalue weighted by Crippen LogP contribution is -2.40. The average Bonchev–Trinajstić information content (AvgIpc) is 3.28. The van der Waals surface area contributed by atoms with E-state index in [1.165, 1.54) is 11.1 Å². The van der Waals surface area contributed by atoms with E-state index < -0.39 is 0 Å². The number of hydrogen-bond donors (Lipinski definition) is 1. The second-order valence-electron chi connectivity index (χ2n) is 6.40. The molecule has 0 aliphatic carbocycles. The Morgan fingerprint density at radius 1 is 1.35 bits per heavy atom. The number of aliphatic imine (C=N–C) groups is 1. The monoisotopic (exact) mass is 469 g/mol. The first-order valence-corrected chi connectivity index (χ1v) is 8.84. The van der Waals surface area contributed by atoms with Crippen molar-refractivity contribution in [1.82, 2.24) is 20.0 Å². The quantitative estimate of drug-likeness (QED) is 0.416. The Bertz CT molecular complexity index is 713. The molecule has 0 saturated carbocycles. The summed E-state index contributed by atoms with van der Waals surface area (Å²) in [5.41, 5.74) is 2.50. The van der Waals surface area contributed by atoms with Crippen LogP contribution >= 0.6 is 24.0 Å². The van der Waals surface area contributed by atoms with Gasteiger partial charge in [0.15, 0.2) is 5.96 Å². The van der Waals surface area contributed by atoms with Gasteiger partial charge >= 0.3 is 0 Å². The fourth-order valence-electron chi connectivity index (χ4n) is 3.20. The first kappa shape index (κ1) is 20.5. The van der Waals surface area contributed by atoms with Crippen molar-refractivity contribution in [3.8, 4) is 5.75 Å². The molecule has 1 unspecified atom stereocenters. The number of methoxy groups -OCH3 is 1. The van der Waals surface area contributed by atoms with Crippen LogP contribution in [-0.4, -0.2) is 47.4 Å². The third-order valence-electron chi connectivity index (χ3n) is 4.59. The molecule has 7 heteroatoms. The summed E-state index contributed by atoms with van der Waals surface area (Å²) in [6.07, 6.45) is 5.24. The van der Waals surface area contributed by atoms with E-state index in [9.17, 15) is 0 Å². The molecule has 1 aliphatic heterocycles. The predicted octanol–water partition coefficient (Wildman–Crippen LogP) is 3.00. The molecule has 0 radical (unpaired) electrons. The highest BCUT2D eigenvalue weighted by atomic mass is 127. The second-order valence-corrected chi connectivity index (χ2v) is 6.40. The summed E-state index contributed by atoms with van der Waals surface area (Å²) >= 11 is 0. The van der Waals surface area contributed by atoms with Gasteiger partial charge in [0.05, 0.1) is 19.9 Å². The topological polar surface area (TPSA) is 54.7 Å². The van der Waals surface area contributed by atoms with Crippen LogP contribution in [0.4, 0.5) is 0 Å². The highest BCUT2D eigenvalue weighted by Crippen LogP contribution is 2.26. The minimum atomic E-state index is 0. The van der Waals surface area contributed by atoms with E-state index in [1.54, 1.807) is 7.11 Å². The highest BCUT2D eigenvalue weighted by molar-refractivity contribution is 14.0. The summed E-state index contributed by atoms with van der Waals surface area (Å²) in [5.74, 6) is 2.39. The fraction of sp³-hybridized carbons (Fsp3) is 0.474. The molecule has 1 aliphatic rings. The van der Waals surface area contributed by atoms with E-state index in [0.717, 1.165) is 37.8 Å². The number of benzene rings is 1. The van der Waals surface area contributed by atoms with Gasteiger partial charge in [0.25, 0.3) is 0 Å². The number of nitrogens with one attached hydrogen (secondary N) is 1. The van der Waals surface area contributed by atoms with Crippen molar-refractivity contribution in [2.75, 3.05) is 26.7 Å². The Hall–Kier alpha value is -1.77. The van der Waals surface area contributed by atoms with Gasteiger partial charge in [-0.15, -0.1) is 24.0 Å². The number of likely N-dealkylation sites (tertiary alicyclic amines) is 1. The summed E-state index contributed by atoms with van der Waals surface area (Å²) in [6.45, 7) is 5.65. The summed E-state index contributed by atoms with van der Waals surface area (Å²) < 4.78 is 7.08. The summed E-state index contributed by atoms with van der Waals surface area (Å²) in [4.78, 5) is 7.18. The number of hydrogen-bond acceptors (Lipinski definition) is 3. The van der Waals surface area contributed by atoms with Crippen LogP contribution in [0.5, 0.6) is 5.75 Å². The van der Waals surface area contributed by atoms with Crippen LogP contribution in [-0.2, 0) is 13.6 Å². The summed E-state index contributed by atoms with van der Waals surface area (Å²) in [5, 5.41) is 7.72. The molecule has 3 rings (SSSR count). The van der Waals surface area contributed by atoms with Crippen LogP contribution < -0.4 is 10.1 Å². The molecule has 1 fully saturated rings. The minimum absolute atomic E-state index is 0. The van der Waals surface area contributed by atoms with E-state index in [0.29, 0.717) is 12.5 Å². The van der Waals surface area contributed by atoms with Crippen molar-refractivity contribution >= 4 is 29.9 Å². The largest absolute Gasteiger partial charge is 0.497 e. The summed E-state index contributed by atoms with van der Waals surface area (Å²) in [6, 6.07) is 8.08. The Morgan fingerprint density at radius 2 is 2.12 bits per heavy atom. The zero-order valence-electron chi connectivity index (χ0n) is 15.7. The molecular weight excluding hydrogens is 441 g/mol. The van der Waals surface area contributed by atoms with Crippen LogP contribution in [0.15, 0.2) is 41.7 Å². The van der Waals surface area contributed by atoms with Gasteiger partial charge in [0.2, 0.25) is 0 Å². The van der Waals surface area contributed by atoms with Gasteiger partial charge in [-0.3, -0.25) is 4.68 Å². The van der Waals surface area contributed by atoms with Crippen LogP contribution in [0.2, 0.25) is 0 Å². The van der Waals surface area contributed by atoms with Crippen molar-refractivity contribution in [1.29, 1.82) is 0 Å². The zero-order chi connectivity index (χ0) is 17.6. The van der Waals surface area contributed by atoms with Gasteiger partial charge in [0.1, 0.15) is 5.75 Å². The summed E-state index contributed by atoms with van der Waals surface area (Å²) in [7, 11) is 3.65. The predicted molar refractivity (Wildman–Crippen MR) is 115 cm³/mol. The van der Waals surface area contributed by atoms with Gasteiger partial charge in [-0.2, -0.15) is 5.10 Å². The molecule has 1 N–H and O–H groups in total. The molecule has 1 aromatic carbocycles. The maximum atomic E-state index is 5.21. The van der Waals surface area contributed by atoms with Gasteiger partial charge in [-0.1, -0.05) is 12.1 Å². The Balaban J connectivity index is 0.00000243. The number of halogens is 1. The molecule has 0 amide bonds. The minimum Gasteiger partial charge on any atom is -0.497 e. The lowest BCUT2D eigenvalue weighted by atomic mass is 10.0. The van der Waals surface area contributed by atoms with Crippen molar-refractivity contribution in [3.05, 3.63) is 47.8 Å². The van der Waals surface area contributed by atoms with Crippen molar-refractivity contribution in [3.63, 3.8) is 0 Å². The normalized spacial score (nSPS) is 17.1. The van der Waals surface area contributed by atoms with Crippen LogP contribution in [0.1, 0.15) is 30.4 Å². The zero-order valence-corrected chi connectivity index (χ0v) is 18.0. The molecule has 2 aromatic rings. The Morgan fingerprint density at radius 3 is 2.73 bits per heavy atom. The molecule has 1 atom stereocenters. The number of guanidine groups is 1. The van der Waals surface area contributed by atoms with Gasteiger partial charge in [0, 0.05) is 38.8 Å². The van der Waals surface area contributed by atoms with Crippen molar-refractivity contribution < 1.29 is 4.74 Å². The molecule has 0 spiro atoms. The number of rotatable bonds is 5. The van der Waals surface area contributed by atoms with Crippen LogP contribution in [0.3, 0.4) is 0 Å². The van der Waals surface area contributed by atoms with E-state index in [2.05, 4.69) is 40.6 Å². The fourth-order valence-corrected chi connectivity index (χ4v) is 3.20. The van der Waals surface area contributed by atoms with E-state index in [4.69, 9.17) is 9.73 Å².